The van der Waals surface area contributed by atoms with E-state index in [4.69, 9.17) is 4.74 Å². The van der Waals surface area contributed by atoms with Crippen molar-refractivity contribution in [3.05, 3.63) is 0 Å². The van der Waals surface area contributed by atoms with E-state index in [0.29, 0.717) is 5.41 Å². The first-order valence-electron chi connectivity index (χ1n) is 7.92. The molecule has 2 atom stereocenters. The summed E-state index contributed by atoms with van der Waals surface area (Å²) in [5.41, 5.74) is 0.386. The van der Waals surface area contributed by atoms with Gasteiger partial charge in [0.25, 0.3) is 0 Å². The Kier molecular flexibility index (Phi) is 6.96. The molecule has 1 saturated heterocycles. The largest absolute Gasteiger partial charge is 0.468 e. The number of rotatable bonds is 7. The average molecular weight is 284 g/mol. The molecule has 0 bridgehead atoms. The summed E-state index contributed by atoms with van der Waals surface area (Å²) in [6, 6.07) is -0.159. The molecule has 0 spiro atoms. The summed E-state index contributed by atoms with van der Waals surface area (Å²) in [6.07, 6.45) is 3.14. The Morgan fingerprint density at radius 1 is 1.45 bits per heavy atom. The fourth-order valence-electron chi connectivity index (χ4n) is 2.82. The second kappa shape index (κ2) is 7.99. The Morgan fingerprint density at radius 3 is 2.65 bits per heavy atom. The van der Waals surface area contributed by atoms with Gasteiger partial charge in [-0.2, -0.15) is 0 Å². The van der Waals surface area contributed by atoms with Gasteiger partial charge in [-0.3, -0.25) is 4.79 Å². The highest BCUT2D eigenvalue weighted by atomic mass is 16.5. The molecule has 0 saturated carbocycles. The molecule has 1 fully saturated rings. The second-order valence-electron chi connectivity index (χ2n) is 6.97. The van der Waals surface area contributed by atoms with Gasteiger partial charge in [0, 0.05) is 13.1 Å². The predicted octanol–water partition coefficient (Wildman–Crippen LogP) is 2.29. The molecule has 1 aliphatic rings. The van der Waals surface area contributed by atoms with Gasteiger partial charge in [0.1, 0.15) is 6.04 Å². The SMILES string of the molecule is CCCNC(CCN1CCC(C(C)(C)C)C1)C(=O)OC. The number of ether oxygens (including phenoxy) is 1. The van der Waals surface area contributed by atoms with Crippen LogP contribution in [0.3, 0.4) is 0 Å². The van der Waals surface area contributed by atoms with E-state index in [0.717, 1.165) is 44.9 Å². The highest BCUT2D eigenvalue weighted by Crippen LogP contribution is 2.33. The van der Waals surface area contributed by atoms with Crippen molar-refractivity contribution in [1.82, 2.24) is 10.2 Å². The van der Waals surface area contributed by atoms with Crippen LogP contribution >= 0.6 is 0 Å². The molecule has 0 aromatic carbocycles. The maximum atomic E-state index is 11.7. The molecule has 0 amide bonds. The van der Waals surface area contributed by atoms with Crippen molar-refractivity contribution in [2.24, 2.45) is 11.3 Å². The summed E-state index contributed by atoms with van der Waals surface area (Å²) >= 11 is 0. The first-order chi connectivity index (χ1) is 9.38. The highest BCUT2D eigenvalue weighted by molar-refractivity contribution is 5.75. The Bertz CT molecular complexity index is 299. The molecule has 2 unspecified atom stereocenters. The normalized spacial score (nSPS) is 21.9. The van der Waals surface area contributed by atoms with Crippen LogP contribution in [0.2, 0.25) is 0 Å². The molecule has 0 radical (unpaired) electrons. The number of hydrogen-bond donors (Lipinski definition) is 1. The third kappa shape index (κ3) is 5.41. The van der Waals surface area contributed by atoms with Crippen LogP contribution in [0.1, 0.15) is 47.0 Å². The van der Waals surface area contributed by atoms with Gasteiger partial charge in [0.2, 0.25) is 0 Å². The minimum absolute atomic E-state index is 0.134. The number of carbonyl (C=O) groups is 1. The maximum absolute atomic E-state index is 11.7. The van der Waals surface area contributed by atoms with Gasteiger partial charge in [-0.15, -0.1) is 0 Å². The molecule has 0 aliphatic carbocycles. The summed E-state index contributed by atoms with van der Waals surface area (Å²) in [5.74, 6) is 0.632. The van der Waals surface area contributed by atoms with Crippen molar-refractivity contribution >= 4 is 5.97 Å². The number of esters is 1. The summed E-state index contributed by atoms with van der Waals surface area (Å²) in [6.45, 7) is 13.2. The lowest BCUT2D eigenvalue weighted by atomic mass is 9.80. The monoisotopic (exact) mass is 284 g/mol. The van der Waals surface area contributed by atoms with Gasteiger partial charge in [-0.25, -0.2) is 0 Å². The van der Waals surface area contributed by atoms with E-state index in [9.17, 15) is 4.79 Å². The molecule has 20 heavy (non-hydrogen) atoms. The zero-order valence-electron chi connectivity index (χ0n) is 13.9. The smallest absolute Gasteiger partial charge is 0.322 e. The molecular weight excluding hydrogens is 252 g/mol. The zero-order valence-corrected chi connectivity index (χ0v) is 13.9. The lowest BCUT2D eigenvalue weighted by Crippen LogP contribution is -2.41. The van der Waals surface area contributed by atoms with E-state index in [1.54, 1.807) is 0 Å². The van der Waals surface area contributed by atoms with Crippen molar-refractivity contribution in [3.63, 3.8) is 0 Å². The van der Waals surface area contributed by atoms with E-state index in [-0.39, 0.29) is 12.0 Å². The standard InChI is InChI=1S/C16H32N2O2/c1-6-9-17-14(15(19)20-5)8-11-18-10-7-13(12-18)16(2,3)4/h13-14,17H,6-12H2,1-5H3. The second-order valence-corrected chi connectivity index (χ2v) is 6.97. The average Bonchev–Trinajstić information content (AvgIpc) is 2.87. The Balaban J connectivity index is 2.38. The van der Waals surface area contributed by atoms with Gasteiger partial charge in [-0.05, 0) is 43.7 Å². The fourth-order valence-corrected chi connectivity index (χ4v) is 2.82. The fraction of sp³-hybridized carbons (Fsp3) is 0.938. The number of methoxy groups -OCH3 is 1. The molecule has 1 aliphatic heterocycles. The van der Waals surface area contributed by atoms with Crippen LogP contribution in [0.4, 0.5) is 0 Å². The number of hydrogen-bond acceptors (Lipinski definition) is 4. The van der Waals surface area contributed by atoms with Crippen molar-refractivity contribution in [2.75, 3.05) is 33.3 Å². The maximum Gasteiger partial charge on any atom is 0.322 e. The molecule has 4 heteroatoms. The Labute approximate surface area is 124 Å². The molecule has 1 rings (SSSR count). The van der Waals surface area contributed by atoms with E-state index < -0.39 is 0 Å². The van der Waals surface area contributed by atoms with E-state index in [1.807, 2.05) is 0 Å². The molecule has 0 aromatic rings. The van der Waals surface area contributed by atoms with Crippen LogP contribution in [0.5, 0.6) is 0 Å². The van der Waals surface area contributed by atoms with Crippen molar-refractivity contribution < 1.29 is 9.53 Å². The zero-order chi connectivity index (χ0) is 15.2. The van der Waals surface area contributed by atoms with Gasteiger partial charge in [-0.1, -0.05) is 27.7 Å². The summed E-state index contributed by atoms with van der Waals surface area (Å²) in [7, 11) is 1.47. The van der Waals surface area contributed by atoms with Crippen LogP contribution in [0.15, 0.2) is 0 Å². The molecule has 4 nitrogen and oxygen atoms in total. The lowest BCUT2D eigenvalue weighted by Gasteiger charge is -2.27. The third-order valence-electron chi connectivity index (χ3n) is 4.36. The molecule has 1 N–H and O–H groups in total. The van der Waals surface area contributed by atoms with Crippen molar-refractivity contribution in [3.8, 4) is 0 Å². The topological polar surface area (TPSA) is 41.6 Å². The number of carbonyl (C=O) groups excluding carboxylic acids is 1. The van der Waals surface area contributed by atoms with Crippen LogP contribution < -0.4 is 5.32 Å². The van der Waals surface area contributed by atoms with Gasteiger partial charge < -0.3 is 15.0 Å². The van der Waals surface area contributed by atoms with E-state index in [2.05, 4.69) is 37.9 Å². The minimum atomic E-state index is -0.159. The van der Waals surface area contributed by atoms with Gasteiger partial charge >= 0.3 is 5.97 Å². The van der Waals surface area contributed by atoms with Crippen LogP contribution in [-0.4, -0.2) is 50.2 Å². The minimum Gasteiger partial charge on any atom is -0.468 e. The van der Waals surface area contributed by atoms with E-state index >= 15 is 0 Å². The van der Waals surface area contributed by atoms with Gasteiger partial charge in [0.15, 0.2) is 0 Å². The molecule has 1 heterocycles. The third-order valence-corrected chi connectivity index (χ3v) is 4.36. The Morgan fingerprint density at radius 2 is 2.15 bits per heavy atom. The summed E-state index contributed by atoms with van der Waals surface area (Å²) in [4.78, 5) is 14.2. The summed E-state index contributed by atoms with van der Waals surface area (Å²) in [5, 5.41) is 3.28. The van der Waals surface area contributed by atoms with Crippen molar-refractivity contribution in [2.45, 2.75) is 53.0 Å². The first kappa shape index (κ1) is 17.4. The van der Waals surface area contributed by atoms with Crippen LogP contribution in [0.25, 0.3) is 0 Å². The van der Waals surface area contributed by atoms with Crippen LogP contribution in [0, 0.1) is 11.3 Å². The molecule has 0 aromatic heterocycles. The predicted molar refractivity (Wildman–Crippen MR) is 82.7 cm³/mol. The number of nitrogens with one attached hydrogen (secondary N) is 1. The van der Waals surface area contributed by atoms with Gasteiger partial charge in [0.05, 0.1) is 7.11 Å². The van der Waals surface area contributed by atoms with E-state index in [1.165, 1.54) is 13.5 Å². The number of likely N-dealkylation sites (tertiary alicyclic amines) is 1. The summed E-state index contributed by atoms with van der Waals surface area (Å²) < 4.78 is 4.88. The molecule has 118 valence electrons. The lowest BCUT2D eigenvalue weighted by molar-refractivity contribution is -0.143. The van der Waals surface area contributed by atoms with Crippen LogP contribution in [-0.2, 0) is 9.53 Å². The molecular formula is C16H32N2O2. The number of nitrogens with zero attached hydrogens (tertiary/aromatic N) is 1. The highest BCUT2D eigenvalue weighted by Gasteiger charge is 2.32. The van der Waals surface area contributed by atoms with Crippen molar-refractivity contribution in [1.29, 1.82) is 0 Å². The quantitative estimate of drug-likeness (QED) is 0.728. The Hall–Kier alpha value is -0.610. The first-order valence-corrected chi connectivity index (χ1v) is 7.92.